The number of carbonyl (C=O) groups excluding carboxylic acids is 2. The van der Waals surface area contributed by atoms with E-state index in [-0.39, 0.29) is 22.9 Å². The number of nitrogens with one attached hydrogen (secondary N) is 2. The standard InChI is InChI=1S/C26H35N3O6S/c1-5-35-25-15-18(9-10-24(25)34-3)23(17-36(4,32)33)29(2)26(31)20-7-6-8-22(21(20)16-30)28-19-11-13-27-14-12-19/h6-10,15-16,19,23,27-28H,5,11-14,17H2,1-4H3. The largest absolute Gasteiger partial charge is 0.493 e. The van der Waals surface area contributed by atoms with Crippen molar-refractivity contribution in [1.82, 2.24) is 10.2 Å². The van der Waals surface area contributed by atoms with E-state index in [1.165, 1.54) is 12.0 Å². The predicted molar refractivity (Wildman–Crippen MR) is 140 cm³/mol. The van der Waals surface area contributed by atoms with Gasteiger partial charge in [0.25, 0.3) is 5.91 Å². The molecule has 1 amide bonds. The predicted octanol–water partition coefficient (Wildman–Crippen LogP) is 2.93. The molecule has 0 radical (unpaired) electrons. The molecule has 0 spiro atoms. The van der Waals surface area contributed by atoms with E-state index in [0.717, 1.165) is 32.2 Å². The molecule has 0 aromatic heterocycles. The summed E-state index contributed by atoms with van der Waals surface area (Å²) in [6.07, 6.45) is 3.63. The summed E-state index contributed by atoms with van der Waals surface area (Å²) in [5, 5.41) is 6.70. The summed E-state index contributed by atoms with van der Waals surface area (Å²) in [5.74, 6) is 0.219. The van der Waals surface area contributed by atoms with Gasteiger partial charge in [-0.1, -0.05) is 12.1 Å². The van der Waals surface area contributed by atoms with Crippen molar-refractivity contribution in [2.24, 2.45) is 0 Å². The van der Waals surface area contributed by atoms with Crippen LogP contribution >= 0.6 is 0 Å². The highest BCUT2D eigenvalue weighted by molar-refractivity contribution is 7.90. The molecule has 1 unspecified atom stereocenters. The van der Waals surface area contributed by atoms with Gasteiger partial charge in [0.2, 0.25) is 0 Å². The van der Waals surface area contributed by atoms with Gasteiger partial charge in [-0.3, -0.25) is 9.59 Å². The van der Waals surface area contributed by atoms with Crippen LogP contribution in [0.15, 0.2) is 36.4 Å². The zero-order valence-electron chi connectivity index (χ0n) is 21.2. The molecule has 1 aliphatic heterocycles. The summed E-state index contributed by atoms with van der Waals surface area (Å²) in [6.45, 7) is 3.99. The maximum atomic E-state index is 13.7. The monoisotopic (exact) mass is 517 g/mol. The van der Waals surface area contributed by atoms with E-state index in [4.69, 9.17) is 9.47 Å². The Hall–Kier alpha value is -3.11. The van der Waals surface area contributed by atoms with Gasteiger partial charge in [-0.25, -0.2) is 8.42 Å². The summed E-state index contributed by atoms with van der Waals surface area (Å²) < 4.78 is 35.7. The smallest absolute Gasteiger partial charge is 0.254 e. The van der Waals surface area contributed by atoms with E-state index >= 15 is 0 Å². The molecule has 3 rings (SSSR count). The zero-order valence-corrected chi connectivity index (χ0v) is 22.1. The Kier molecular flexibility index (Phi) is 9.33. The molecule has 196 valence electrons. The van der Waals surface area contributed by atoms with Crippen LogP contribution in [0.5, 0.6) is 11.5 Å². The topological polar surface area (TPSA) is 114 Å². The lowest BCUT2D eigenvalue weighted by Crippen LogP contribution is -2.37. The SMILES string of the molecule is CCOc1cc(C(CS(C)(=O)=O)N(C)C(=O)c2cccc(NC3CCNCC3)c2C=O)ccc1OC. The fourth-order valence-electron chi connectivity index (χ4n) is 4.41. The van der Waals surface area contributed by atoms with Crippen molar-refractivity contribution < 1.29 is 27.5 Å². The average Bonchev–Trinajstić information content (AvgIpc) is 2.86. The summed E-state index contributed by atoms with van der Waals surface area (Å²) in [4.78, 5) is 27.2. The second kappa shape index (κ2) is 12.2. The zero-order chi connectivity index (χ0) is 26.3. The van der Waals surface area contributed by atoms with Gasteiger partial charge < -0.3 is 25.0 Å². The number of benzene rings is 2. The number of hydrogen-bond acceptors (Lipinski definition) is 8. The van der Waals surface area contributed by atoms with Crippen LogP contribution in [-0.4, -0.2) is 77.4 Å². The minimum absolute atomic E-state index is 0.197. The van der Waals surface area contributed by atoms with Crippen molar-refractivity contribution in [1.29, 1.82) is 0 Å². The molecule has 2 aromatic rings. The molecule has 2 aromatic carbocycles. The number of rotatable bonds is 11. The van der Waals surface area contributed by atoms with E-state index in [9.17, 15) is 18.0 Å². The number of piperidine rings is 1. The highest BCUT2D eigenvalue weighted by Gasteiger charge is 2.29. The molecule has 1 saturated heterocycles. The van der Waals surface area contributed by atoms with E-state index in [0.29, 0.717) is 35.6 Å². The van der Waals surface area contributed by atoms with Gasteiger partial charge in [0, 0.05) is 25.0 Å². The molecule has 0 aliphatic carbocycles. The third kappa shape index (κ3) is 6.76. The van der Waals surface area contributed by atoms with Gasteiger partial charge >= 0.3 is 0 Å². The fraction of sp³-hybridized carbons (Fsp3) is 0.462. The lowest BCUT2D eigenvalue weighted by atomic mass is 10.0. The molecule has 1 heterocycles. The number of carbonyl (C=O) groups is 2. The number of sulfone groups is 1. The van der Waals surface area contributed by atoms with Gasteiger partial charge in [0.1, 0.15) is 9.84 Å². The van der Waals surface area contributed by atoms with Crippen molar-refractivity contribution in [2.45, 2.75) is 31.8 Å². The lowest BCUT2D eigenvalue weighted by Gasteiger charge is -2.30. The number of methoxy groups -OCH3 is 1. The van der Waals surface area contributed by atoms with Crippen LogP contribution in [0.1, 0.15) is 52.1 Å². The highest BCUT2D eigenvalue weighted by Crippen LogP contribution is 2.33. The number of aldehydes is 1. The molecular weight excluding hydrogens is 482 g/mol. The first kappa shape index (κ1) is 27.5. The van der Waals surface area contributed by atoms with E-state index < -0.39 is 21.8 Å². The molecule has 36 heavy (non-hydrogen) atoms. The Morgan fingerprint density at radius 2 is 1.94 bits per heavy atom. The number of ether oxygens (including phenoxy) is 2. The summed E-state index contributed by atoms with van der Waals surface area (Å²) in [5.41, 5.74) is 1.65. The number of hydrogen-bond donors (Lipinski definition) is 2. The summed E-state index contributed by atoms with van der Waals surface area (Å²) in [7, 11) is -0.403. The first-order valence-corrected chi connectivity index (χ1v) is 14.1. The third-order valence-electron chi connectivity index (χ3n) is 6.27. The van der Waals surface area contributed by atoms with Crippen LogP contribution in [0.25, 0.3) is 0 Å². The highest BCUT2D eigenvalue weighted by atomic mass is 32.2. The Bertz CT molecular complexity index is 1180. The Morgan fingerprint density at radius 3 is 2.56 bits per heavy atom. The molecule has 0 saturated carbocycles. The normalized spacial score (nSPS) is 15.1. The van der Waals surface area contributed by atoms with Gasteiger partial charge in [0.05, 0.1) is 36.6 Å². The Morgan fingerprint density at radius 1 is 1.22 bits per heavy atom. The minimum Gasteiger partial charge on any atom is -0.493 e. The molecular formula is C26H35N3O6S. The fourth-order valence-corrected chi connectivity index (χ4v) is 5.40. The van der Waals surface area contributed by atoms with Crippen LogP contribution in [0.3, 0.4) is 0 Å². The third-order valence-corrected chi connectivity index (χ3v) is 7.20. The van der Waals surface area contributed by atoms with Crippen molar-refractivity contribution in [2.75, 3.05) is 51.2 Å². The van der Waals surface area contributed by atoms with E-state index in [1.54, 1.807) is 43.4 Å². The molecule has 9 nitrogen and oxygen atoms in total. The van der Waals surface area contributed by atoms with E-state index in [2.05, 4.69) is 10.6 Å². The van der Waals surface area contributed by atoms with Gasteiger partial charge in [0.15, 0.2) is 17.8 Å². The quantitative estimate of drug-likeness (QED) is 0.438. The van der Waals surface area contributed by atoms with Crippen molar-refractivity contribution in [3.63, 3.8) is 0 Å². The maximum absolute atomic E-state index is 13.7. The number of anilines is 1. The van der Waals surface area contributed by atoms with Crippen LogP contribution in [0, 0.1) is 0 Å². The molecule has 1 atom stereocenters. The summed E-state index contributed by atoms with van der Waals surface area (Å²) >= 11 is 0. The molecule has 10 heteroatoms. The second-order valence-electron chi connectivity index (χ2n) is 8.92. The van der Waals surface area contributed by atoms with Crippen molar-refractivity contribution in [3.05, 3.63) is 53.1 Å². The van der Waals surface area contributed by atoms with Gasteiger partial charge in [-0.05, 0) is 62.7 Å². The van der Waals surface area contributed by atoms with Gasteiger partial charge in [-0.2, -0.15) is 0 Å². The second-order valence-corrected chi connectivity index (χ2v) is 11.1. The molecule has 1 fully saturated rings. The minimum atomic E-state index is -3.47. The van der Waals surface area contributed by atoms with Crippen LogP contribution in [-0.2, 0) is 9.84 Å². The molecule has 0 bridgehead atoms. The molecule has 1 aliphatic rings. The first-order valence-electron chi connectivity index (χ1n) is 12.0. The van der Waals surface area contributed by atoms with Crippen molar-refractivity contribution in [3.8, 4) is 11.5 Å². The maximum Gasteiger partial charge on any atom is 0.254 e. The van der Waals surface area contributed by atoms with Crippen LogP contribution in [0.4, 0.5) is 5.69 Å². The Labute approximate surface area is 213 Å². The van der Waals surface area contributed by atoms with E-state index in [1.807, 2.05) is 6.92 Å². The number of amides is 1. The van der Waals surface area contributed by atoms with Crippen LogP contribution < -0.4 is 20.1 Å². The first-order chi connectivity index (χ1) is 17.2. The average molecular weight is 518 g/mol. The Balaban J connectivity index is 1.98. The van der Waals surface area contributed by atoms with Crippen LogP contribution in [0.2, 0.25) is 0 Å². The van der Waals surface area contributed by atoms with Crippen molar-refractivity contribution >= 4 is 27.7 Å². The van der Waals surface area contributed by atoms with Gasteiger partial charge in [-0.15, -0.1) is 0 Å². The number of nitrogens with zero attached hydrogens (tertiary/aromatic N) is 1. The summed E-state index contributed by atoms with van der Waals surface area (Å²) in [6, 6.07) is 9.59. The lowest BCUT2D eigenvalue weighted by molar-refractivity contribution is 0.0741. The molecule has 2 N–H and O–H groups in total.